The lowest BCUT2D eigenvalue weighted by Gasteiger charge is -2.18. The molecule has 4 aromatic rings. The first-order valence-electron chi connectivity index (χ1n) is 10.3. The van der Waals surface area contributed by atoms with Gasteiger partial charge in [0.1, 0.15) is 23.6 Å². The standard InChI is InChI=1S/C22H20N4O5S2/c1-30-21(29)19-16-2-4-24(20(28)15-11-25-7-9-33-22(25)23-15)5-6-26(16)18(27)10-17(19)31-12-14-3-8-32-13-14/h3,7-11,13H,2,4-6,12H2,1H3. The zero-order valence-corrected chi connectivity index (χ0v) is 19.4. The SMILES string of the molecule is COC(=O)c1c(OCc2ccsc2)cc(=O)n2c1CCN(C(=O)c1cn3ccsc3n1)CC2. The number of fused-ring (bicyclic) bond motifs is 2. The predicted molar refractivity (Wildman–Crippen MR) is 123 cm³/mol. The first kappa shape index (κ1) is 21.4. The summed E-state index contributed by atoms with van der Waals surface area (Å²) in [4.78, 5) is 45.5. The van der Waals surface area contributed by atoms with Crippen LogP contribution >= 0.6 is 22.7 Å². The van der Waals surface area contributed by atoms with Crippen molar-refractivity contribution in [3.05, 3.63) is 73.5 Å². The molecule has 33 heavy (non-hydrogen) atoms. The van der Waals surface area contributed by atoms with Gasteiger partial charge in [0.2, 0.25) is 0 Å². The van der Waals surface area contributed by atoms with E-state index in [9.17, 15) is 14.4 Å². The second kappa shape index (κ2) is 8.83. The molecule has 0 aliphatic carbocycles. The number of ether oxygens (including phenoxy) is 2. The largest absolute Gasteiger partial charge is 0.488 e. The van der Waals surface area contributed by atoms with E-state index in [-0.39, 0.29) is 35.9 Å². The molecule has 4 aromatic heterocycles. The van der Waals surface area contributed by atoms with Crippen LogP contribution in [0.4, 0.5) is 0 Å². The van der Waals surface area contributed by atoms with Crippen LogP contribution in [0.3, 0.4) is 0 Å². The van der Waals surface area contributed by atoms with Crippen molar-refractivity contribution in [2.24, 2.45) is 0 Å². The molecule has 1 aliphatic rings. The van der Waals surface area contributed by atoms with E-state index in [1.807, 2.05) is 28.4 Å². The molecule has 0 saturated carbocycles. The lowest BCUT2D eigenvalue weighted by Crippen LogP contribution is -2.34. The number of imidazole rings is 1. The molecule has 5 rings (SSSR count). The Morgan fingerprint density at radius 1 is 1.21 bits per heavy atom. The Morgan fingerprint density at radius 2 is 2.09 bits per heavy atom. The second-order valence-corrected chi connectivity index (χ2v) is 9.15. The van der Waals surface area contributed by atoms with Crippen molar-refractivity contribution in [2.45, 2.75) is 19.6 Å². The lowest BCUT2D eigenvalue weighted by molar-refractivity contribution is 0.0592. The number of hydrogen-bond donors (Lipinski definition) is 0. The van der Waals surface area contributed by atoms with Gasteiger partial charge >= 0.3 is 5.97 Å². The van der Waals surface area contributed by atoms with E-state index in [0.717, 1.165) is 10.5 Å². The van der Waals surface area contributed by atoms with E-state index in [4.69, 9.17) is 9.47 Å². The first-order valence-corrected chi connectivity index (χ1v) is 12.1. The van der Waals surface area contributed by atoms with Crippen molar-refractivity contribution >= 4 is 39.5 Å². The number of hydrogen-bond acceptors (Lipinski definition) is 8. The summed E-state index contributed by atoms with van der Waals surface area (Å²) in [6.45, 7) is 1.16. The Morgan fingerprint density at radius 3 is 2.85 bits per heavy atom. The Labute approximate surface area is 196 Å². The summed E-state index contributed by atoms with van der Waals surface area (Å²) in [5.41, 5.74) is 1.76. The van der Waals surface area contributed by atoms with Gasteiger partial charge in [-0.05, 0) is 22.4 Å². The zero-order valence-electron chi connectivity index (χ0n) is 17.7. The van der Waals surface area contributed by atoms with Gasteiger partial charge in [-0.15, -0.1) is 11.3 Å². The van der Waals surface area contributed by atoms with Gasteiger partial charge in [-0.2, -0.15) is 11.3 Å². The zero-order chi connectivity index (χ0) is 22.9. The number of thiophene rings is 1. The van der Waals surface area contributed by atoms with Gasteiger partial charge < -0.3 is 18.9 Å². The molecule has 170 valence electrons. The van der Waals surface area contributed by atoms with Gasteiger partial charge in [0.15, 0.2) is 4.96 Å². The van der Waals surface area contributed by atoms with Crippen molar-refractivity contribution in [2.75, 3.05) is 20.2 Å². The summed E-state index contributed by atoms with van der Waals surface area (Å²) in [5.74, 6) is -0.591. The number of aromatic nitrogens is 3. The van der Waals surface area contributed by atoms with Crippen LogP contribution in [-0.2, 0) is 24.3 Å². The van der Waals surface area contributed by atoms with Crippen LogP contribution in [0.15, 0.2) is 45.5 Å². The molecule has 0 aromatic carbocycles. The molecule has 11 heteroatoms. The Kier molecular flexibility index (Phi) is 5.73. The number of methoxy groups -OCH3 is 1. The fourth-order valence-corrected chi connectivity index (χ4v) is 5.27. The molecule has 0 radical (unpaired) electrons. The average Bonchev–Trinajstić information content (AvgIpc) is 3.53. The number of esters is 1. The molecule has 0 saturated heterocycles. The maximum absolute atomic E-state index is 13.1. The summed E-state index contributed by atoms with van der Waals surface area (Å²) in [6.07, 6.45) is 3.86. The van der Waals surface area contributed by atoms with E-state index >= 15 is 0 Å². The van der Waals surface area contributed by atoms with Crippen LogP contribution in [0, 0.1) is 0 Å². The number of pyridine rings is 1. The van der Waals surface area contributed by atoms with Crippen LogP contribution in [0.5, 0.6) is 5.75 Å². The maximum atomic E-state index is 13.1. The molecule has 0 unspecified atom stereocenters. The summed E-state index contributed by atoms with van der Waals surface area (Å²) < 4.78 is 14.2. The summed E-state index contributed by atoms with van der Waals surface area (Å²) in [7, 11) is 1.30. The first-order chi connectivity index (χ1) is 16.0. The Balaban J connectivity index is 1.44. The highest BCUT2D eigenvalue weighted by Gasteiger charge is 2.28. The van der Waals surface area contributed by atoms with E-state index in [1.165, 1.54) is 29.1 Å². The third-order valence-electron chi connectivity index (χ3n) is 5.56. The molecule has 0 fully saturated rings. The van der Waals surface area contributed by atoms with Crippen molar-refractivity contribution in [1.29, 1.82) is 0 Å². The van der Waals surface area contributed by atoms with Crippen LogP contribution in [-0.4, -0.2) is 50.9 Å². The quantitative estimate of drug-likeness (QED) is 0.404. The van der Waals surface area contributed by atoms with Gasteiger partial charge in [-0.1, -0.05) is 0 Å². The Hall–Kier alpha value is -3.44. The van der Waals surface area contributed by atoms with Gasteiger partial charge in [-0.3, -0.25) is 14.0 Å². The third kappa shape index (κ3) is 4.05. The van der Waals surface area contributed by atoms with Crippen LogP contribution in [0.2, 0.25) is 0 Å². The maximum Gasteiger partial charge on any atom is 0.343 e. The summed E-state index contributed by atoms with van der Waals surface area (Å²) >= 11 is 2.99. The van der Waals surface area contributed by atoms with Gasteiger partial charge in [-0.25, -0.2) is 9.78 Å². The molecule has 0 spiro atoms. The molecule has 5 heterocycles. The molecule has 9 nitrogen and oxygen atoms in total. The van der Waals surface area contributed by atoms with Crippen LogP contribution < -0.4 is 10.3 Å². The highest BCUT2D eigenvalue weighted by atomic mass is 32.1. The monoisotopic (exact) mass is 484 g/mol. The second-order valence-electron chi connectivity index (χ2n) is 7.49. The number of rotatable bonds is 5. The minimum Gasteiger partial charge on any atom is -0.488 e. The van der Waals surface area contributed by atoms with Crippen molar-refractivity contribution in [3.63, 3.8) is 0 Å². The van der Waals surface area contributed by atoms with E-state index < -0.39 is 5.97 Å². The number of nitrogens with zero attached hydrogens (tertiary/aromatic N) is 4. The molecular formula is C22H20N4O5S2. The number of carbonyl (C=O) groups excluding carboxylic acids is 2. The molecule has 1 amide bonds. The Bertz CT molecular complexity index is 1360. The van der Waals surface area contributed by atoms with Gasteiger partial charge in [0.25, 0.3) is 11.5 Å². The van der Waals surface area contributed by atoms with Crippen molar-refractivity contribution in [3.8, 4) is 5.75 Å². The van der Waals surface area contributed by atoms with E-state index in [2.05, 4.69) is 4.98 Å². The van der Waals surface area contributed by atoms with Crippen LogP contribution in [0.25, 0.3) is 4.96 Å². The molecule has 1 aliphatic heterocycles. The van der Waals surface area contributed by atoms with E-state index in [0.29, 0.717) is 30.9 Å². The topological polar surface area (TPSA) is 95.1 Å². The smallest absolute Gasteiger partial charge is 0.343 e. The van der Waals surface area contributed by atoms with Crippen molar-refractivity contribution in [1.82, 2.24) is 18.9 Å². The molecule has 0 bridgehead atoms. The summed E-state index contributed by atoms with van der Waals surface area (Å²) in [6, 6.07) is 3.24. The lowest BCUT2D eigenvalue weighted by atomic mass is 10.1. The highest BCUT2D eigenvalue weighted by Crippen LogP contribution is 2.25. The molecule has 0 atom stereocenters. The fraction of sp³-hybridized carbons (Fsp3) is 0.273. The van der Waals surface area contributed by atoms with Gasteiger partial charge in [0.05, 0.1) is 7.11 Å². The minimum atomic E-state index is -0.576. The van der Waals surface area contributed by atoms with Crippen molar-refractivity contribution < 1.29 is 19.1 Å². The van der Waals surface area contributed by atoms with E-state index in [1.54, 1.807) is 26.8 Å². The molecular weight excluding hydrogens is 464 g/mol. The molecule has 0 N–H and O–H groups in total. The average molecular weight is 485 g/mol. The minimum absolute atomic E-state index is 0.193. The number of carbonyl (C=O) groups is 2. The number of thiazole rings is 1. The highest BCUT2D eigenvalue weighted by molar-refractivity contribution is 7.15. The van der Waals surface area contributed by atoms with Gasteiger partial charge in [0, 0.05) is 55.6 Å². The summed E-state index contributed by atoms with van der Waals surface area (Å²) in [5, 5.41) is 5.77. The van der Waals surface area contributed by atoms with Crippen LogP contribution in [0.1, 0.15) is 32.1 Å². The predicted octanol–water partition coefficient (Wildman–Crippen LogP) is 2.68. The fourth-order valence-electron chi connectivity index (χ4n) is 3.92. The third-order valence-corrected chi connectivity index (χ3v) is 7.06. The number of amides is 1. The normalized spacial score (nSPS) is 13.5.